The first-order chi connectivity index (χ1) is 21.8. The molecule has 7 aromatic carbocycles. The third-order valence-electron chi connectivity index (χ3n) is 8.81. The van der Waals surface area contributed by atoms with E-state index in [1.54, 1.807) is 0 Å². The molecule has 0 bridgehead atoms. The Labute approximate surface area is 250 Å². The van der Waals surface area contributed by atoms with Crippen molar-refractivity contribution < 1.29 is 13.3 Å². The van der Waals surface area contributed by atoms with E-state index in [9.17, 15) is 0 Å². The Morgan fingerprint density at radius 1 is 0.295 bits per heavy atom. The van der Waals surface area contributed by atoms with E-state index in [0.29, 0.717) is 0 Å². The highest BCUT2D eigenvalue weighted by molar-refractivity contribution is 6.11. The number of para-hydroxylation sites is 3. The van der Waals surface area contributed by atoms with E-state index in [1.165, 1.54) is 0 Å². The molecule has 44 heavy (non-hydrogen) atoms. The predicted octanol–water partition coefficient (Wildman–Crippen LogP) is 12.0. The van der Waals surface area contributed by atoms with Gasteiger partial charge in [0, 0.05) is 49.4 Å². The van der Waals surface area contributed by atoms with Crippen LogP contribution in [0.3, 0.4) is 0 Å². The van der Waals surface area contributed by atoms with Crippen molar-refractivity contribution in [2.45, 2.75) is 0 Å². The van der Waals surface area contributed by atoms with Crippen molar-refractivity contribution in [1.29, 1.82) is 0 Å². The molecule has 0 aliphatic heterocycles. The molecule has 4 heteroatoms. The van der Waals surface area contributed by atoms with Crippen LogP contribution >= 0.6 is 0 Å². The molecule has 0 N–H and O–H groups in total. The highest BCUT2D eigenvalue weighted by Crippen LogP contribution is 2.42. The molecule has 4 nitrogen and oxygen atoms in total. The summed E-state index contributed by atoms with van der Waals surface area (Å²) < 4.78 is 18.5. The van der Waals surface area contributed by atoms with Crippen molar-refractivity contribution in [3.8, 4) is 0 Å². The maximum atomic E-state index is 6.19. The molecule has 206 valence electrons. The van der Waals surface area contributed by atoms with Crippen molar-refractivity contribution in [3.05, 3.63) is 140 Å². The summed E-state index contributed by atoms with van der Waals surface area (Å²) in [5.74, 6) is 0. The molecule has 0 aliphatic carbocycles. The van der Waals surface area contributed by atoms with E-state index in [-0.39, 0.29) is 0 Å². The number of furan rings is 3. The molecule has 10 aromatic rings. The Kier molecular flexibility index (Phi) is 4.69. The summed E-state index contributed by atoms with van der Waals surface area (Å²) in [7, 11) is 0. The second kappa shape index (κ2) is 8.76. The van der Waals surface area contributed by atoms with Gasteiger partial charge in [-0.25, -0.2) is 0 Å². The molecule has 3 aromatic heterocycles. The first kappa shape index (κ1) is 23.6. The Hall–Kier alpha value is -6.00. The third-order valence-corrected chi connectivity index (χ3v) is 8.81. The van der Waals surface area contributed by atoms with Crippen LogP contribution in [0.5, 0.6) is 0 Å². The van der Waals surface area contributed by atoms with Gasteiger partial charge in [-0.1, -0.05) is 60.7 Å². The van der Waals surface area contributed by atoms with Crippen LogP contribution in [0.25, 0.3) is 76.6 Å². The van der Waals surface area contributed by atoms with Gasteiger partial charge in [0.25, 0.3) is 0 Å². The monoisotopic (exact) mass is 565 g/mol. The molecule has 0 atom stereocenters. The van der Waals surface area contributed by atoms with Crippen LogP contribution in [0, 0.1) is 0 Å². The van der Waals surface area contributed by atoms with Gasteiger partial charge in [0.2, 0.25) is 0 Å². The molecule has 0 amide bonds. The summed E-state index contributed by atoms with van der Waals surface area (Å²) in [6.45, 7) is 0. The number of fused-ring (bicyclic) bond motifs is 10. The van der Waals surface area contributed by atoms with Gasteiger partial charge in [-0.3, -0.25) is 0 Å². The molecule has 0 fully saturated rings. The number of anilines is 3. The third kappa shape index (κ3) is 3.39. The average molecular weight is 566 g/mol. The van der Waals surface area contributed by atoms with Crippen molar-refractivity contribution >= 4 is 93.7 Å². The van der Waals surface area contributed by atoms with Gasteiger partial charge < -0.3 is 18.2 Å². The van der Waals surface area contributed by atoms with Crippen molar-refractivity contribution in [3.63, 3.8) is 0 Å². The number of nitrogens with zero attached hydrogens (tertiary/aromatic N) is 1. The second-order valence-corrected chi connectivity index (χ2v) is 11.4. The van der Waals surface area contributed by atoms with E-state index < -0.39 is 0 Å². The van der Waals surface area contributed by atoms with E-state index >= 15 is 0 Å². The Morgan fingerprint density at radius 3 is 1.30 bits per heavy atom. The lowest BCUT2D eigenvalue weighted by Crippen LogP contribution is -2.09. The van der Waals surface area contributed by atoms with E-state index in [4.69, 9.17) is 13.3 Å². The van der Waals surface area contributed by atoms with Crippen LogP contribution in [0.2, 0.25) is 0 Å². The fourth-order valence-electron chi connectivity index (χ4n) is 6.75. The topological polar surface area (TPSA) is 42.7 Å². The summed E-state index contributed by atoms with van der Waals surface area (Å²) in [6.07, 6.45) is 0. The smallest absolute Gasteiger partial charge is 0.136 e. The molecule has 0 spiro atoms. The number of rotatable bonds is 3. The van der Waals surface area contributed by atoms with Crippen LogP contribution in [0.15, 0.2) is 153 Å². The van der Waals surface area contributed by atoms with Crippen LogP contribution < -0.4 is 4.90 Å². The zero-order valence-corrected chi connectivity index (χ0v) is 23.5. The molecule has 0 unspecified atom stereocenters. The number of hydrogen-bond donors (Lipinski definition) is 0. The lowest BCUT2D eigenvalue weighted by molar-refractivity contribution is 0.668. The van der Waals surface area contributed by atoms with Gasteiger partial charge in [-0.05, 0) is 89.6 Å². The Morgan fingerprint density at radius 2 is 0.727 bits per heavy atom. The van der Waals surface area contributed by atoms with Crippen LogP contribution in [-0.4, -0.2) is 0 Å². The van der Waals surface area contributed by atoms with Gasteiger partial charge in [0.15, 0.2) is 0 Å². The van der Waals surface area contributed by atoms with E-state index in [0.717, 1.165) is 93.7 Å². The molecule has 3 heterocycles. The lowest BCUT2D eigenvalue weighted by Gasteiger charge is -2.26. The Balaban J connectivity index is 1.23. The van der Waals surface area contributed by atoms with Gasteiger partial charge >= 0.3 is 0 Å². The standard InChI is InChI=1S/C40H23NO3/c1-6-12-37-29(7-1)32-20-25-19-26(14-13-24(25)21-40(32)44-37)41(27-15-17-38-33(22-27)30-8-2-4-10-35(30)42-38)28-16-18-39-34(23-28)31-9-3-5-11-36(31)43-39/h1-23H. The van der Waals surface area contributed by atoms with Crippen molar-refractivity contribution in [2.24, 2.45) is 0 Å². The van der Waals surface area contributed by atoms with Crippen LogP contribution in [-0.2, 0) is 0 Å². The normalized spacial score (nSPS) is 12.1. The summed E-state index contributed by atoms with van der Waals surface area (Å²) in [5, 5.41) is 8.91. The van der Waals surface area contributed by atoms with E-state index in [2.05, 4.69) is 108 Å². The average Bonchev–Trinajstić information content (AvgIpc) is 3.74. The maximum Gasteiger partial charge on any atom is 0.136 e. The first-order valence-corrected chi connectivity index (χ1v) is 14.7. The lowest BCUT2D eigenvalue weighted by atomic mass is 10.0. The molecule has 0 saturated carbocycles. The van der Waals surface area contributed by atoms with Crippen molar-refractivity contribution in [2.75, 3.05) is 4.90 Å². The predicted molar refractivity (Wildman–Crippen MR) is 180 cm³/mol. The summed E-state index contributed by atoms with van der Waals surface area (Å²) >= 11 is 0. The number of benzene rings is 7. The quantitative estimate of drug-likeness (QED) is 0.214. The molecule has 10 rings (SSSR count). The fourth-order valence-corrected chi connectivity index (χ4v) is 6.75. The zero-order valence-electron chi connectivity index (χ0n) is 23.5. The number of hydrogen-bond acceptors (Lipinski definition) is 4. The van der Waals surface area contributed by atoms with Crippen molar-refractivity contribution in [1.82, 2.24) is 0 Å². The van der Waals surface area contributed by atoms with Gasteiger partial charge in [-0.2, -0.15) is 0 Å². The molecular weight excluding hydrogens is 542 g/mol. The summed E-state index contributed by atoms with van der Waals surface area (Å²) in [4.78, 5) is 2.32. The maximum absolute atomic E-state index is 6.19. The van der Waals surface area contributed by atoms with Gasteiger partial charge in [-0.15, -0.1) is 0 Å². The Bertz CT molecular complexity index is 2630. The minimum Gasteiger partial charge on any atom is -0.456 e. The largest absolute Gasteiger partial charge is 0.456 e. The highest BCUT2D eigenvalue weighted by atomic mass is 16.3. The SMILES string of the molecule is c1ccc2c(c1)oc1ccc(N(c3ccc4cc5oc6ccccc6c5cc4c3)c3ccc4oc5ccccc5c4c3)cc12. The summed E-state index contributed by atoms with van der Waals surface area (Å²) in [6, 6.07) is 48.6. The molecule has 0 aliphatic rings. The van der Waals surface area contributed by atoms with Gasteiger partial charge in [0.1, 0.15) is 33.5 Å². The van der Waals surface area contributed by atoms with Crippen LogP contribution in [0.1, 0.15) is 0 Å². The van der Waals surface area contributed by atoms with E-state index in [1.807, 2.05) is 36.4 Å². The molecular formula is C40H23NO3. The zero-order chi connectivity index (χ0) is 28.8. The van der Waals surface area contributed by atoms with Crippen LogP contribution in [0.4, 0.5) is 17.1 Å². The minimum absolute atomic E-state index is 0.874. The first-order valence-electron chi connectivity index (χ1n) is 14.7. The minimum atomic E-state index is 0.874. The molecule has 0 saturated heterocycles. The fraction of sp³-hybridized carbons (Fsp3) is 0. The second-order valence-electron chi connectivity index (χ2n) is 11.4. The highest BCUT2D eigenvalue weighted by Gasteiger charge is 2.18. The molecule has 0 radical (unpaired) electrons. The van der Waals surface area contributed by atoms with Gasteiger partial charge in [0.05, 0.1) is 0 Å². The summed E-state index contributed by atoms with van der Waals surface area (Å²) in [5.41, 5.74) is 8.48.